The van der Waals surface area contributed by atoms with E-state index in [1.807, 2.05) is 0 Å². The summed E-state index contributed by atoms with van der Waals surface area (Å²) < 4.78 is 0. The normalized spacial score (nSPS) is 42.2. The number of hydrogen-bond donors (Lipinski definition) is 2. The van der Waals surface area contributed by atoms with E-state index in [2.05, 4.69) is 39.1 Å². The number of hydrogen-bond acceptors (Lipinski definition) is 2. The molecule has 4 bridgehead atoms. The Morgan fingerprint density at radius 2 is 1.82 bits per heavy atom. The highest BCUT2D eigenvalue weighted by Crippen LogP contribution is 2.62. The fourth-order valence-corrected chi connectivity index (χ4v) is 6.10. The first kappa shape index (κ1) is 16.5. The summed E-state index contributed by atoms with van der Waals surface area (Å²) in [6.45, 7) is 9.06. The third kappa shape index (κ3) is 3.28. The van der Waals surface area contributed by atoms with Crippen LogP contribution in [-0.2, 0) is 0 Å². The van der Waals surface area contributed by atoms with Gasteiger partial charge >= 0.3 is 0 Å². The van der Waals surface area contributed by atoms with Gasteiger partial charge in [0.25, 0.3) is 0 Å². The van der Waals surface area contributed by atoms with Gasteiger partial charge in [-0.15, -0.1) is 0 Å². The Labute approximate surface area is 136 Å². The number of aliphatic hydroxyl groups is 1. The lowest BCUT2D eigenvalue weighted by molar-refractivity contribution is -0.172. The molecule has 4 aliphatic carbocycles. The van der Waals surface area contributed by atoms with Gasteiger partial charge < -0.3 is 10.4 Å². The molecule has 0 aromatic heterocycles. The monoisotopic (exact) mass is 305 g/mol. The third-order valence-corrected chi connectivity index (χ3v) is 6.68. The molecule has 0 saturated heterocycles. The first-order valence-corrected chi connectivity index (χ1v) is 9.42. The standard InChI is InChI=1S/C20H35NO/c1-14(2)6-5-7-15(3)21-16(4)19-9-17-8-18(10-19)12-20(22,11-17)13-19/h6,15-18,21-22H,5,7-13H2,1-4H3/t15-,16-,17-,18+,19?,20?/m0/s1. The van der Waals surface area contributed by atoms with E-state index >= 15 is 0 Å². The summed E-state index contributed by atoms with van der Waals surface area (Å²) >= 11 is 0. The highest BCUT2D eigenvalue weighted by molar-refractivity contribution is 5.11. The van der Waals surface area contributed by atoms with Crippen molar-refractivity contribution in [2.24, 2.45) is 17.3 Å². The van der Waals surface area contributed by atoms with Crippen LogP contribution in [0.5, 0.6) is 0 Å². The summed E-state index contributed by atoms with van der Waals surface area (Å²) in [4.78, 5) is 0. The van der Waals surface area contributed by atoms with Crippen LogP contribution < -0.4 is 5.32 Å². The number of nitrogens with one attached hydrogen (secondary N) is 1. The second-order valence-corrected chi connectivity index (χ2v) is 9.20. The Kier molecular flexibility index (Phi) is 4.46. The van der Waals surface area contributed by atoms with Crippen LogP contribution in [0.3, 0.4) is 0 Å². The van der Waals surface area contributed by atoms with Crippen LogP contribution >= 0.6 is 0 Å². The van der Waals surface area contributed by atoms with Gasteiger partial charge in [-0.25, -0.2) is 0 Å². The van der Waals surface area contributed by atoms with E-state index in [1.165, 1.54) is 37.7 Å². The molecule has 126 valence electrons. The van der Waals surface area contributed by atoms with Gasteiger partial charge in [0.15, 0.2) is 0 Å². The molecule has 22 heavy (non-hydrogen) atoms. The third-order valence-electron chi connectivity index (χ3n) is 6.68. The molecule has 6 atom stereocenters. The Balaban J connectivity index is 1.60. The zero-order valence-corrected chi connectivity index (χ0v) is 15.0. The van der Waals surface area contributed by atoms with Crippen LogP contribution in [0.25, 0.3) is 0 Å². The van der Waals surface area contributed by atoms with Gasteiger partial charge in [-0.1, -0.05) is 11.6 Å². The lowest BCUT2D eigenvalue weighted by Crippen LogP contribution is -2.61. The quantitative estimate of drug-likeness (QED) is 0.711. The highest BCUT2D eigenvalue weighted by Gasteiger charge is 2.58. The van der Waals surface area contributed by atoms with Gasteiger partial charge in [0.2, 0.25) is 0 Å². The second kappa shape index (κ2) is 5.94. The molecule has 4 fully saturated rings. The first-order valence-electron chi connectivity index (χ1n) is 9.42. The van der Waals surface area contributed by atoms with E-state index in [0.29, 0.717) is 17.5 Å². The molecule has 4 aliphatic rings. The second-order valence-electron chi connectivity index (χ2n) is 9.20. The lowest BCUT2D eigenvalue weighted by Gasteiger charge is -2.62. The van der Waals surface area contributed by atoms with Crippen LogP contribution in [0.1, 0.15) is 79.1 Å². The Morgan fingerprint density at radius 1 is 1.18 bits per heavy atom. The molecular formula is C20H35NO. The maximum atomic E-state index is 10.9. The summed E-state index contributed by atoms with van der Waals surface area (Å²) in [7, 11) is 0. The van der Waals surface area contributed by atoms with Crippen LogP contribution in [0.4, 0.5) is 0 Å². The molecular weight excluding hydrogens is 270 g/mol. The minimum absolute atomic E-state index is 0.328. The minimum atomic E-state index is -0.328. The van der Waals surface area contributed by atoms with E-state index in [0.717, 1.165) is 31.1 Å². The molecule has 0 amide bonds. The Morgan fingerprint density at radius 3 is 2.36 bits per heavy atom. The maximum absolute atomic E-state index is 10.9. The van der Waals surface area contributed by atoms with Crippen LogP contribution in [0.2, 0.25) is 0 Å². The fraction of sp³-hybridized carbons (Fsp3) is 0.900. The van der Waals surface area contributed by atoms with Crippen molar-refractivity contribution in [3.8, 4) is 0 Å². The zero-order valence-electron chi connectivity index (χ0n) is 15.0. The Bertz CT molecular complexity index is 423. The smallest absolute Gasteiger partial charge is 0.0659 e. The van der Waals surface area contributed by atoms with Crippen molar-refractivity contribution in [2.75, 3.05) is 0 Å². The molecule has 4 rings (SSSR count). The van der Waals surface area contributed by atoms with Gasteiger partial charge in [-0.2, -0.15) is 0 Å². The van der Waals surface area contributed by atoms with Crippen molar-refractivity contribution >= 4 is 0 Å². The van der Waals surface area contributed by atoms with Crippen molar-refractivity contribution in [3.63, 3.8) is 0 Å². The predicted molar refractivity (Wildman–Crippen MR) is 92.8 cm³/mol. The Hall–Kier alpha value is -0.340. The van der Waals surface area contributed by atoms with Crippen molar-refractivity contribution < 1.29 is 5.11 Å². The molecule has 0 aromatic carbocycles. The molecule has 2 heteroatoms. The summed E-state index contributed by atoms with van der Waals surface area (Å²) in [6, 6.07) is 1.10. The van der Waals surface area contributed by atoms with Crippen LogP contribution in [-0.4, -0.2) is 22.8 Å². The topological polar surface area (TPSA) is 32.3 Å². The van der Waals surface area contributed by atoms with Gasteiger partial charge in [-0.05, 0) is 96.3 Å². The fourth-order valence-electron chi connectivity index (χ4n) is 6.10. The molecule has 0 heterocycles. The van der Waals surface area contributed by atoms with E-state index in [1.54, 1.807) is 0 Å². The summed E-state index contributed by atoms with van der Waals surface area (Å²) in [5.41, 5.74) is 1.46. The van der Waals surface area contributed by atoms with Gasteiger partial charge in [0.1, 0.15) is 0 Å². The van der Waals surface area contributed by atoms with E-state index < -0.39 is 0 Å². The molecule has 0 radical (unpaired) electrons. The summed E-state index contributed by atoms with van der Waals surface area (Å²) in [5.74, 6) is 1.58. The van der Waals surface area contributed by atoms with Gasteiger partial charge in [0.05, 0.1) is 5.60 Å². The SMILES string of the molecule is CC(C)=CCC[C@H](C)N[C@@H](C)C12C[C@@H]3C[C@@H](CC(O)(C3)C1)C2. The van der Waals surface area contributed by atoms with Gasteiger partial charge in [-0.3, -0.25) is 0 Å². The van der Waals surface area contributed by atoms with E-state index in [4.69, 9.17) is 0 Å². The molecule has 0 aliphatic heterocycles. The van der Waals surface area contributed by atoms with E-state index in [9.17, 15) is 5.11 Å². The highest BCUT2D eigenvalue weighted by atomic mass is 16.3. The predicted octanol–water partition coefficient (Wildman–Crippen LogP) is 4.43. The molecule has 2 unspecified atom stereocenters. The van der Waals surface area contributed by atoms with Crippen LogP contribution in [0, 0.1) is 17.3 Å². The average Bonchev–Trinajstić information content (AvgIpc) is 2.34. The largest absolute Gasteiger partial charge is 0.390 e. The molecule has 0 spiro atoms. The minimum Gasteiger partial charge on any atom is -0.390 e. The van der Waals surface area contributed by atoms with Gasteiger partial charge in [0, 0.05) is 12.1 Å². The van der Waals surface area contributed by atoms with Crippen molar-refractivity contribution in [3.05, 3.63) is 11.6 Å². The number of rotatable bonds is 6. The molecule has 0 aromatic rings. The van der Waals surface area contributed by atoms with Crippen molar-refractivity contribution in [1.29, 1.82) is 0 Å². The maximum Gasteiger partial charge on any atom is 0.0659 e. The molecule has 2 nitrogen and oxygen atoms in total. The lowest BCUT2D eigenvalue weighted by atomic mass is 9.46. The number of allylic oxidation sites excluding steroid dienone is 2. The van der Waals surface area contributed by atoms with Crippen molar-refractivity contribution in [1.82, 2.24) is 5.32 Å². The molecule has 2 N–H and O–H groups in total. The molecule has 4 saturated carbocycles. The van der Waals surface area contributed by atoms with E-state index in [-0.39, 0.29) is 5.60 Å². The zero-order chi connectivity index (χ0) is 16.0. The van der Waals surface area contributed by atoms with Crippen LogP contribution in [0.15, 0.2) is 11.6 Å². The summed E-state index contributed by atoms with van der Waals surface area (Å²) in [5, 5.41) is 14.8. The summed E-state index contributed by atoms with van der Waals surface area (Å²) in [6.07, 6.45) is 12.0. The first-order chi connectivity index (χ1) is 10.3. The van der Waals surface area contributed by atoms with Crippen molar-refractivity contribution in [2.45, 2.75) is 96.7 Å². The average molecular weight is 306 g/mol.